The Kier molecular flexibility index (Phi) is 7.01. The average Bonchev–Trinajstić information content (AvgIpc) is 2.15. The van der Waals surface area contributed by atoms with Gasteiger partial charge in [0.05, 0.1) is 0 Å². The summed E-state index contributed by atoms with van der Waals surface area (Å²) in [7, 11) is 0. The van der Waals surface area contributed by atoms with Crippen LogP contribution in [-0.4, -0.2) is 35.2 Å². The monoisotopic (exact) mass is 219 g/mol. The molecule has 0 rings (SSSR count). The molecule has 0 aliphatic heterocycles. The van der Waals surface area contributed by atoms with Crippen LogP contribution in [0.15, 0.2) is 0 Å². The number of carboxylic acids is 1. The average molecular weight is 219 g/mol. The van der Waals surface area contributed by atoms with E-state index < -0.39 is 11.5 Å². The van der Waals surface area contributed by atoms with Gasteiger partial charge in [0.15, 0.2) is 0 Å². The molecular formula is C10H21NO2S. The number of rotatable bonds is 8. The second-order valence-corrected chi connectivity index (χ2v) is 4.65. The molecule has 0 aromatic carbocycles. The standard InChI is InChI=1S/C10H21NO2S/c1-4-7-11-10(2,9(12)13)6-5-8-14-3/h11H,4-8H2,1-3H3,(H,12,13). The van der Waals surface area contributed by atoms with Crippen LogP contribution in [0.25, 0.3) is 0 Å². The van der Waals surface area contributed by atoms with Crippen LogP contribution < -0.4 is 5.32 Å². The SMILES string of the molecule is CCCNC(C)(CCCSC)C(=O)O. The number of nitrogens with one attached hydrogen (secondary N) is 1. The van der Waals surface area contributed by atoms with Crippen LogP contribution in [0.5, 0.6) is 0 Å². The first-order valence-corrected chi connectivity index (χ1v) is 6.43. The van der Waals surface area contributed by atoms with E-state index >= 15 is 0 Å². The van der Waals surface area contributed by atoms with E-state index in [-0.39, 0.29) is 0 Å². The van der Waals surface area contributed by atoms with Gasteiger partial charge in [-0.2, -0.15) is 11.8 Å². The van der Waals surface area contributed by atoms with Crippen LogP contribution in [0.3, 0.4) is 0 Å². The highest BCUT2D eigenvalue weighted by Gasteiger charge is 2.31. The lowest BCUT2D eigenvalue weighted by molar-refractivity contribution is -0.144. The van der Waals surface area contributed by atoms with Gasteiger partial charge < -0.3 is 10.4 Å². The number of hydrogen-bond acceptors (Lipinski definition) is 3. The Morgan fingerprint density at radius 2 is 2.21 bits per heavy atom. The normalized spacial score (nSPS) is 15.1. The Morgan fingerprint density at radius 1 is 1.57 bits per heavy atom. The van der Waals surface area contributed by atoms with Crippen molar-refractivity contribution in [2.75, 3.05) is 18.6 Å². The summed E-state index contributed by atoms with van der Waals surface area (Å²) in [6, 6.07) is 0. The largest absolute Gasteiger partial charge is 0.480 e. The summed E-state index contributed by atoms with van der Waals surface area (Å²) in [5.41, 5.74) is -0.744. The van der Waals surface area contributed by atoms with Gasteiger partial charge in [0.1, 0.15) is 5.54 Å². The molecule has 1 atom stereocenters. The molecule has 0 saturated carbocycles. The van der Waals surface area contributed by atoms with Gasteiger partial charge in [-0.3, -0.25) is 4.79 Å². The van der Waals surface area contributed by atoms with Gasteiger partial charge in [-0.05, 0) is 44.7 Å². The molecule has 0 heterocycles. The van der Waals surface area contributed by atoms with Crippen molar-refractivity contribution in [3.63, 3.8) is 0 Å². The second kappa shape index (κ2) is 7.12. The number of carboxylic acid groups (broad SMARTS) is 1. The van der Waals surface area contributed by atoms with E-state index in [4.69, 9.17) is 5.11 Å². The maximum atomic E-state index is 11.1. The molecule has 0 fully saturated rings. The molecule has 2 N–H and O–H groups in total. The molecule has 84 valence electrons. The molecule has 3 nitrogen and oxygen atoms in total. The Labute approximate surface area is 90.7 Å². The van der Waals surface area contributed by atoms with Crippen LogP contribution in [0.2, 0.25) is 0 Å². The molecule has 1 unspecified atom stereocenters. The molecule has 0 aliphatic carbocycles. The number of hydrogen-bond donors (Lipinski definition) is 2. The van der Waals surface area contributed by atoms with Crippen molar-refractivity contribution in [2.24, 2.45) is 0 Å². The highest BCUT2D eigenvalue weighted by Crippen LogP contribution is 2.14. The maximum Gasteiger partial charge on any atom is 0.323 e. The minimum absolute atomic E-state index is 0.698. The van der Waals surface area contributed by atoms with Crippen molar-refractivity contribution in [1.82, 2.24) is 5.32 Å². The van der Waals surface area contributed by atoms with Gasteiger partial charge >= 0.3 is 5.97 Å². The van der Waals surface area contributed by atoms with Gasteiger partial charge in [0.25, 0.3) is 0 Å². The van der Waals surface area contributed by atoms with Crippen LogP contribution in [-0.2, 0) is 4.79 Å². The zero-order valence-corrected chi connectivity index (χ0v) is 10.1. The lowest BCUT2D eigenvalue weighted by Crippen LogP contribution is -2.49. The van der Waals surface area contributed by atoms with Crippen molar-refractivity contribution in [3.8, 4) is 0 Å². The fourth-order valence-corrected chi connectivity index (χ4v) is 1.67. The van der Waals surface area contributed by atoms with E-state index in [1.165, 1.54) is 0 Å². The predicted octanol–water partition coefficient (Wildman–Crippen LogP) is 1.97. The zero-order chi connectivity index (χ0) is 11.0. The first-order chi connectivity index (χ1) is 6.56. The van der Waals surface area contributed by atoms with Gasteiger partial charge in [-0.1, -0.05) is 6.92 Å². The van der Waals surface area contributed by atoms with Crippen LogP contribution >= 0.6 is 11.8 Å². The van der Waals surface area contributed by atoms with Crippen molar-refractivity contribution < 1.29 is 9.90 Å². The fraction of sp³-hybridized carbons (Fsp3) is 0.900. The quantitative estimate of drug-likeness (QED) is 0.613. The van der Waals surface area contributed by atoms with E-state index in [0.29, 0.717) is 6.42 Å². The number of thioether (sulfide) groups is 1. The molecule has 14 heavy (non-hydrogen) atoms. The van der Waals surface area contributed by atoms with Crippen LogP contribution in [0.1, 0.15) is 33.1 Å². The molecule has 0 aromatic rings. The van der Waals surface area contributed by atoms with Crippen molar-refractivity contribution in [2.45, 2.75) is 38.6 Å². The molecule has 0 saturated heterocycles. The van der Waals surface area contributed by atoms with E-state index in [1.807, 2.05) is 13.2 Å². The van der Waals surface area contributed by atoms with Gasteiger partial charge in [0.2, 0.25) is 0 Å². The van der Waals surface area contributed by atoms with Crippen molar-refractivity contribution in [3.05, 3.63) is 0 Å². The van der Waals surface area contributed by atoms with E-state index in [2.05, 4.69) is 5.32 Å². The predicted molar refractivity (Wildman–Crippen MR) is 62.0 cm³/mol. The van der Waals surface area contributed by atoms with Gasteiger partial charge in [-0.25, -0.2) is 0 Å². The minimum atomic E-state index is -0.744. The van der Waals surface area contributed by atoms with E-state index in [1.54, 1.807) is 18.7 Å². The highest BCUT2D eigenvalue weighted by atomic mass is 32.2. The van der Waals surface area contributed by atoms with Crippen LogP contribution in [0, 0.1) is 0 Å². The third-order valence-corrected chi connectivity index (χ3v) is 2.96. The summed E-state index contributed by atoms with van der Waals surface area (Å²) >= 11 is 1.76. The minimum Gasteiger partial charge on any atom is -0.480 e. The second-order valence-electron chi connectivity index (χ2n) is 3.66. The Hall–Kier alpha value is -0.220. The first-order valence-electron chi connectivity index (χ1n) is 5.04. The zero-order valence-electron chi connectivity index (χ0n) is 9.30. The summed E-state index contributed by atoms with van der Waals surface area (Å²) in [5.74, 6) is 0.281. The maximum absolute atomic E-state index is 11.1. The lowest BCUT2D eigenvalue weighted by atomic mass is 9.96. The molecular weight excluding hydrogens is 198 g/mol. The molecule has 0 radical (unpaired) electrons. The summed E-state index contributed by atoms with van der Waals surface area (Å²) in [5, 5.41) is 12.2. The van der Waals surface area contributed by atoms with Gasteiger partial charge in [-0.15, -0.1) is 0 Å². The summed E-state index contributed by atoms with van der Waals surface area (Å²) < 4.78 is 0. The Morgan fingerprint density at radius 3 is 2.64 bits per heavy atom. The molecule has 4 heteroatoms. The summed E-state index contributed by atoms with van der Waals surface area (Å²) in [6.45, 7) is 4.57. The van der Waals surface area contributed by atoms with E-state index in [9.17, 15) is 4.79 Å². The topological polar surface area (TPSA) is 49.3 Å². The lowest BCUT2D eigenvalue weighted by Gasteiger charge is -2.26. The Bertz CT molecular complexity index is 176. The van der Waals surface area contributed by atoms with Gasteiger partial charge in [0, 0.05) is 0 Å². The summed E-state index contributed by atoms with van der Waals surface area (Å²) in [6.07, 6.45) is 4.65. The fourth-order valence-electron chi connectivity index (χ4n) is 1.24. The summed E-state index contributed by atoms with van der Waals surface area (Å²) in [4.78, 5) is 11.1. The molecule has 0 aromatic heterocycles. The van der Waals surface area contributed by atoms with Crippen molar-refractivity contribution >= 4 is 17.7 Å². The molecule has 0 bridgehead atoms. The first kappa shape index (κ1) is 13.8. The number of carbonyl (C=O) groups is 1. The highest BCUT2D eigenvalue weighted by molar-refractivity contribution is 7.98. The molecule has 0 aliphatic rings. The third-order valence-electron chi connectivity index (χ3n) is 2.26. The molecule has 0 amide bonds. The smallest absolute Gasteiger partial charge is 0.323 e. The third kappa shape index (κ3) is 4.86. The molecule has 0 spiro atoms. The number of aliphatic carboxylic acids is 1. The Balaban J connectivity index is 4.03. The van der Waals surface area contributed by atoms with E-state index in [0.717, 1.165) is 25.1 Å². The van der Waals surface area contributed by atoms with Crippen LogP contribution in [0.4, 0.5) is 0 Å². The van der Waals surface area contributed by atoms with Crippen molar-refractivity contribution in [1.29, 1.82) is 0 Å².